The van der Waals surface area contributed by atoms with E-state index in [2.05, 4.69) is 30.9 Å². The average molecular weight is 503 g/mol. The monoisotopic (exact) mass is 501 g/mol. The number of piperazine rings is 1. The molecule has 1 saturated heterocycles. The van der Waals surface area contributed by atoms with Crippen molar-refractivity contribution in [1.82, 2.24) is 24.4 Å². The molecule has 1 amide bonds. The molecule has 158 valence electrons. The van der Waals surface area contributed by atoms with E-state index in [0.717, 1.165) is 10.5 Å². The molecule has 1 aliphatic heterocycles. The zero-order chi connectivity index (χ0) is 21.6. The van der Waals surface area contributed by atoms with E-state index in [1.54, 1.807) is 24.3 Å². The van der Waals surface area contributed by atoms with Gasteiger partial charge in [0.25, 0.3) is 5.91 Å². The zero-order valence-electron chi connectivity index (χ0n) is 15.7. The van der Waals surface area contributed by atoms with E-state index in [1.165, 1.54) is 4.90 Å². The molecule has 0 bridgehead atoms. The van der Waals surface area contributed by atoms with Crippen LogP contribution in [0.2, 0.25) is 5.02 Å². The first kappa shape index (κ1) is 21.1. The lowest BCUT2D eigenvalue weighted by molar-refractivity contribution is -0.142. The summed E-state index contributed by atoms with van der Waals surface area (Å²) < 4.78 is 42.7. The summed E-state index contributed by atoms with van der Waals surface area (Å²) in [5, 5.41) is 3.72. The number of aromatic nitrogens is 3. The molecule has 0 atom stereocenters. The molecule has 1 aliphatic rings. The normalized spacial score (nSPS) is 15.7. The van der Waals surface area contributed by atoms with Gasteiger partial charge >= 0.3 is 6.18 Å². The van der Waals surface area contributed by atoms with Crippen LogP contribution in [0, 0.1) is 0 Å². The number of carbonyl (C=O) groups excluding carboxylic acids is 1. The Labute approximate surface area is 183 Å². The summed E-state index contributed by atoms with van der Waals surface area (Å²) in [5.41, 5.74) is -0.919. The van der Waals surface area contributed by atoms with Crippen molar-refractivity contribution in [3.05, 3.63) is 51.2 Å². The van der Waals surface area contributed by atoms with Crippen molar-refractivity contribution < 1.29 is 18.0 Å². The maximum atomic E-state index is 13.8. The van der Waals surface area contributed by atoms with E-state index in [9.17, 15) is 18.0 Å². The van der Waals surface area contributed by atoms with E-state index in [-0.39, 0.29) is 22.1 Å². The van der Waals surface area contributed by atoms with Crippen LogP contribution < -0.4 is 0 Å². The number of alkyl halides is 3. The number of carbonyl (C=O) groups is 1. The van der Waals surface area contributed by atoms with E-state index in [0.29, 0.717) is 36.3 Å². The Morgan fingerprint density at radius 1 is 1.13 bits per heavy atom. The van der Waals surface area contributed by atoms with E-state index < -0.39 is 17.8 Å². The molecular weight excluding hydrogens is 487 g/mol. The first-order chi connectivity index (χ1) is 14.1. The number of hydrogen-bond donors (Lipinski definition) is 0. The topological polar surface area (TPSA) is 53.7 Å². The molecule has 3 aromatic rings. The summed E-state index contributed by atoms with van der Waals surface area (Å²) in [6.45, 7) is 2.22. The van der Waals surface area contributed by atoms with Gasteiger partial charge in [0.15, 0.2) is 17.0 Å². The van der Waals surface area contributed by atoms with Gasteiger partial charge in [-0.05, 0) is 25.2 Å². The largest absolute Gasteiger partial charge is 0.433 e. The lowest BCUT2D eigenvalue weighted by Gasteiger charge is -2.31. The first-order valence-electron chi connectivity index (χ1n) is 9.05. The molecule has 4 rings (SSSR count). The summed E-state index contributed by atoms with van der Waals surface area (Å²) in [4.78, 5) is 20.8. The van der Waals surface area contributed by atoms with Gasteiger partial charge in [0, 0.05) is 36.2 Å². The quantitative estimate of drug-likeness (QED) is 0.527. The highest BCUT2D eigenvalue weighted by atomic mass is 79.9. The van der Waals surface area contributed by atoms with Crippen LogP contribution in [0.4, 0.5) is 13.2 Å². The van der Waals surface area contributed by atoms with Gasteiger partial charge in [-0.3, -0.25) is 4.79 Å². The fourth-order valence-corrected chi connectivity index (χ4v) is 3.76. The highest BCUT2D eigenvalue weighted by Crippen LogP contribution is 2.35. The minimum atomic E-state index is -4.71. The summed E-state index contributed by atoms with van der Waals surface area (Å²) >= 11 is 9.62. The molecule has 0 N–H and O–H groups in total. The Morgan fingerprint density at radius 3 is 2.37 bits per heavy atom. The molecule has 11 heteroatoms. The van der Waals surface area contributed by atoms with Crippen molar-refractivity contribution in [2.75, 3.05) is 33.2 Å². The molecule has 6 nitrogen and oxygen atoms in total. The van der Waals surface area contributed by atoms with Crippen molar-refractivity contribution >= 4 is 39.1 Å². The van der Waals surface area contributed by atoms with E-state index in [4.69, 9.17) is 11.6 Å². The van der Waals surface area contributed by atoms with Crippen LogP contribution >= 0.6 is 27.5 Å². The summed E-state index contributed by atoms with van der Waals surface area (Å²) in [7, 11) is 1.93. The van der Waals surface area contributed by atoms with Crippen LogP contribution in [0.5, 0.6) is 0 Å². The van der Waals surface area contributed by atoms with Gasteiger partial charge in [0.1, 0.15) is 5.02 Å². The molecule has 2 aromatic heterocycles. The Kier molecular flexibility index (Phi) is 5.50. The molecule has 1 fully saturated rings. The van der Waals surface area contributed by atoms with Crippen LogP contribution in [-0.2, 0) is 6.18 Å². The number of rotatable bonds is 2. The van der Waals surface area contributed by atoms with Crippen LogP contribution in [0.15, 0.2) is 34.8 Å². The first-order valence-corrected chi connectivity index (χ1v) is 10.2. The van der Waals surface area contributed by atoms with Gasteiger partial charge in [-0.15, -0.1) is 0 Å². The number of hydrogen-bond acceptors (Lipinski definition) is 4. The number of likely N-dealkylation sites (N-methyl/N-ethyl adjacent to an activating group) is 1. The number of halogens is 5. The van der Waals surface area contributed by atoms with Crippen LogP contribution in [0.25, 0.3) is 16.9 Å². The standard InChI is InChI=1S/C19H16BrClF3N5O/c1-27-6-8-28(9-7-27)18(30)16-15(21)17-25-13(11-2-4-12(20)5-3-11)10-14(19(22,23)24)29(17)26-16/h2-5,10H,6-9H2,1H3. The molecule has 0 saturated carbocycles. The predicted molar refractivity (Wildman–Crippen MR) is 110 cm³/mol. The minimum absolute atomic E-state index is 0.0859. The average Bonchev–Trinajstić information content (AvgIpc) is 3.04. The summed E-state index contributed by atoms with van der Waals surface area (Å²) in [5.74, 6) is -0.503. The van der Waals surface area contributed by atoms with Gasteiger partial charge in [0.05, 0.1) is 5.69 Å². The van der Waals surface area contributed by atoms with Crippen molar-refractivity contribution in [2.45, 2.75) is 6.18 Å². The second kappa shape index (κ2) is 7.82. The van der Waals surface area contributed by atoms with E-state index in [1.807, 2.05) is 7.05 Å². The Morgan fingerprint density at radius 2 is 1.77 bits per heavy atom. The third kappa shape index (κ3) is 3.91. The number of fused-ring (bicyclic) bond motifs is 1. The number of benzene rings is 1. The van der Waals surface area contributed by atoms with Crippen LogP contribution in [0.3, 0.4) is 0 Å². The number of nitrogens with zero attached hydrogens (tertiary/aromatic N) is 5. The van der Waals surface area contributed by atoms with Gasteiger partial charge in [-0.2, -0.15) is 18.3 Å². The lowest BCUT2D eigenvalue weighted by Crippen LogP contribution is -2.47. The summed E-state index contributed by atoms with van der Waals surface area (Å²) in [6, 6.07) is 7.60. The van der Waals surface area contributed by atoms with Gasteiger partial charge in [-0.25, -0.2) is 9.50 Å². The molecule has 30 heavy (non-hydrogen) atoms. The van der Waals surface area contributed by atoms with Crippen molar-refractivity contribution in [3.8, 4) is 11.3 Å². The Balaban J connectivity index is 1.84. The fourth-order valence-electron chi connectivity index (χ4n) is 3.26. The van der Waals surface area contributed by atoms with Gasteiger partial charge in [-0.1, -0.05) is 39.7 Å². The van der Waals surface area contributed by atoms with Crippen LogP contribution in [-0.4, -0.2) is 63.5 Å². The maximum absolute atomic E-state index is 13.8. The fraction of sp³-hybridized carbons (Fsp3) is 0.316. The Hall–Kier alpha value is -2.17. The Bertz CT molecular complexity index is 1110. The maximum Gasteiger partial charge on any atom is 0.433 e. The highest BCUT2D eigenvalue weighted by Gasteiger charge is 2.37. The molecular formula is C19H16BrClF3N5O. The van der Waals surface area contributed by atoms with Crippen LogP contribution in [0.1, 0.15) is 16.2 Å². The lowest BCUT2D eigenvalue weighted by atomic mass is 10.1. The van der Waals surface area contributed by atoms with Gasteiger partial charge < -0.3 is 9.80 Å². The third-order valence-corrected chi connectivity index (χ3v) is 5.83. The molecule has 1 aromatic carbocycles. The van der Waals surface area contributed by atoms with E-state index >= 15 is 0 Å². The second-order valence-electron chi connectivity index (χ2n) is 7.02. The second-order valence-corrected chi connectivity index (χ2v) is 8.32. The molecule has 0 aliphatic carbocycles. The smallest absolute Gasteiger partial charge is 0.335 e. The SMILES string of the molecule is CN1CCN(C(=O)c2nn3c(C(F)(F)F)cc(-c4ccc(Br)cc4)nc3c2Cl)CC1. The predicted octanol–water partition coefficient (Wildman–Crippen LogP) is 4.22. The van der Waals surface area contributed by atoms with Crippen molar-refractivity contribution in [1.29, 1.82) is 0 Å². The minimum Gasteiger partial charge on any atom is -0.335 e. The summed E-state index contributed by atoms with van der Waals surface area (Å²) in [6.07, 6.45) is -4.71. The molecule has 0 radical (unpaired) electrons. The number of amides is 1. The molecule has 3 heterocycles. The van der Waals surface area contributed by atoms with Crippen molar-refractivity contribution in [2.24, 2.45) is 0 Å². The van der Waals surface area contributed by atoms with Crippen molar-refractivity contribution in [3.63, 3.8) is 0 Å². The zero-order valence-corrected chi connectivity index (χ0v) is 18.1. The third-order valence-electron chi connectivity index (χ3n) is 4.96. The molecule has 0 unspecified atom stereocenters. The highest BCUT2D eigenvalue weighted by molar-refractivity contribution is 9.10. The molecule has 0 spiro atoms. The van der Waals surface area contributed by atoms with Gasteiger partial charge in [0.2, 0.25) is 0 Å².